The van der Waals surface area contributed by atoms with Crippen LogP contribution in [0.5, 0.6) is 0 Å². The van der Waals surface area contributed by atoms with E-state index in [0.717, 1.165) is 18.5 Å². The zero-order valence-electron chi connectivity index (χ0n) is 14.0. The Morgan fingerprint density at radius 3 is 2.23 bits per heavy atom. The van der Waals surface area contributed by atoms with Crippen molar-refractivity contribution in [1.29, 1.82) is 0 Å². The van der Waals surface area contributed by atoms with Gasteiger partial charge in [0.15, 0.2) is 0 Å². The Morgan fingerprint density at radius 2 is 1.77 bits per heavy atom. The van der Waals surface area contributed by atoms with Crippen LogP contribution in [-0.2, 0) is 15.0 Å². The molecule has 0 saturated heterocycles. The van der Waals surface area contributed by atoms with E-state index in [0.29, 0.717) is 13.1 Å². The Balaban J connectivity index is 1.97. The minimum Gasteiger partial charge on any atom is -0.354 e. The highest BCUT2D eigenvalue weighted by atomic mass is 16.2. The lowest BCUT2D eigenvalue weighted by Gasteiger charge is -2.24. The number of benzene rings is 1. The summed E-state index contributed by atoms with van der Waals surface area (Å²) in [5, 5.41) is 2.90. The van der Waals surface area contributed by atoms with Crippen molar-refractivity contribution in [2.75, 3.05) is 18.0 Å². The van der Waals surface area contributed by atoms with Crippen LogP contribution >= 0.6 is 0 Å². The lowest BCUT2D eigenvalue weighted by atomic mass is 9.87. The van der Waals surface area contributed by atoms with Crippen LogP contribution in [0.4, 0.5) is 5.69 Å². The second kappa shape index (κ2) is 6.51. The number of hydrogen-bond donors (Lipinski definition) is 1. The molecule has 1 saturated carbocycles. The van der Waals surface area contributed by atoms with E-state index in [-0.39, 0.29) is 23.1 Å². The molecule has 4 heteroatoms. The minimum absolute atomic E-state index is 0.0100. The molecule has 0 aliphatic heterocycles. The van der Waals surface area contributed by atoms with E-state index in [1.807, 2.05) is 12.1 Å². The Morgan fingerprint density at radius 1 is 1.18 bits per heavy atom. The first kappa shape index (κ1) is 16.5. The maximum atomic E-state index is 11.9. The van der Waals surface area contributed by atoms with E-state index in [1.165, 1.54) is 5.56 Å². The quantitative estimate of drug-likeness (QED) is 0.909. The molecule has 0 bridgehead atoms. The van der Waals surface area contributed by atoms with E-state index in [9.17, 15) is 9.59 Å². The zero-order chi connectivity index (χ0) is 16.3. The third-order valence-electron chi connectivity index (χ3n) is 4.01. The van der Waals surface area contributed by atoms with Gasteiger partial charge in [0.1, 0.15) is 0 Å². The molecular formula is C18H26N2O2. The van der Waals surface area contributed by atoms with Gasteiger partial charge < -0.3 is 10.2 Å². The highest BCUT2D eigenvalue weighted by molar-refractivity contribution is 5.91. The summed E-state index contributed by atoms with van der Waals surface area (Å²) >= 11 is 0. The van der Waals surface area contributed by atoms with Crippen LogP contribution in [0.15, 0.2) is 24.3 Å². The highest BCUT2D eigenvalue weighted by Gasteiger charge is 2.29. The molecule has 0 unspecified atom stereocenters. The molecule has 0 aromatic heterocycles. The van der Waals surface area contributed by atoms with Gasteiger partial charge >= 0.3 is 0 Å². The van der Waals surface area contributed by atoms with Gasteiger partial charge in [-0.2, -0.15) is 0 Å². The average molecular weight is 302 g/mol. The van der Waals surface area contributed by atoms with E-state index < -0.39 is 0 Å². The second-order valence-corrected chi connectivity index (χ2v) is 7.03. The largest absolute Gasteiger partial charge is 0.354 e. The van der Waals surface area contributed by atoms with Crippen molar-refractivity contribution in [3.8, 4) is 0 Å². The van der Waals surface area contributed by atoms with Crippen LogP contribution in [0.1, 0.15) is 46.1 Å². The van der Waals surface area contributed by atoms with Crippen molar-refractivity contribution in [2.24, 2.45) is 5.92 Å². The summed E-state index contributed by atoms with van der Waals surface area (Å²) in [6.45, 7) is 9.05. The Hall–Kier alpha value is -1.84. The molecule has 120 valence electrons. The molecule has 1 N–H and O–H groups in total. The SMILES string of the molecule is CC(=O)N(CCNC(=O)C1CC1)c1ccc(C(C)(C)C)cc1. The molecule has 4 nitrogen and oxygen atoms in total. The van der Waals surface area contributed by atoms with Crippen LogP contribution in [0.2, 0.25) is 0 Å². The number of carbonyl (C=O) groups is 2. The summed E-state index contributed by atoms with van der Waals surface area (Å²) in [5.41, 5.74) is 2.21. The van der Waals surface area contributed by atoms with Gasteiger partial charge in [-0.15, -0.1) is 0 Å². The number of rotatable bonds is 5. The topological polar surface area (TPSA) is 49.4 Å². The molecule has 0 spiro atoms. The predicted octanol–water partition coefficient (Wildman–Crippen LogP) is 2.86. The van der Waals surface area contributed by atoms with Crippen molar-refractivity contribution in [2.45, 2.75) is 46.0 Å². The third-order valence-corrected chi connectivity index (χ3v) is 4.01. The summed E-state index contributed by atoms with van der Waals surface area (Å²) in [6.07, 6.45) is 1.99. The van der Waals surface area contributed by atoms with Gasteiger partial charge in [0.25, 0.3) is 0 Å². The van der Waals surface area contributed by atoms with Gasteiger partial charge in [-0.1, -0.05) is 32.9 Å². The fourth-order valence-electron chi connectivity index (χ4n) is 2.39. The van der Waals surface area contributed by atoms with Crippen molar-refractivity contribution < 1.29 is 9.59 Å². The first-order valence-corrected chi connectivity index (χ1v) is 7.95. The van der Waals surface area contributed by atoms with Crippen LogP contribution in [-0.4, -0.2) is 24.9 Å². The molecule has 1 fully saturated rings. The number of nitrogens with zero attached hydrogens (tertiary/aromatic N) is 1. The lowest BCUT2D eigenvalue weighted by Crippen LogP contribution is -2.38. The van der Waals surface area contributed by atoms with Crippen molar-refractivity contribution in [3.63, 3.8) is 0 Å². The maximum absolute atomic E-state index is 11.9. The summed E-state index contributed by atoms with van der Waals surface area (Å²) in [6, 6.07) is 8.08. The standard InChI is InChI=1S/C18H26N2O2/c1-13(21)20(12-11-19-17(22)14-5-6-14)16-9-7-15(8-10-16)18(2,3)4/h7-10,14H,5-6,11-12H2,1-4H3,(H,19,22). The van der Waals surface area contributed by atoms with Gasteiger partial charge in [0.2, 0.25) is 11.8 Å². The van der Waals surface area contributed by atoms with E-state index >= 15 is 0 Å². The van der Waals surface area contributed by atoms with Crippen molar-refractivity contribution in [3.05, 3.63) is 29.8 Å². The van der Waals surface area contributed by atoms with Crippen molar-refractivity contribution in [1.82, 2.24) is 5.32 Å². The number of nitrogens with one attached hydrogen (secondary N) is 1. The van der Waals surface area contributed by atoms with E-state index in [4.69, 9.17) is 0 Å². The molecule has 1 aromatic rings. The monoisotopic (exact) mass is 302 g/mol. The van der Waals surface area contributed by atoms with Gasteiger partial charge in [0, 0.05) is 31.6 Å². The Labute approximate surface area is 132 Å². The first-order valence-electron chi connectivity index (χ1n) is 7.95. The van der Waals surface area contributed by atoms with Crippen LogP contribution < -0.4 is 10.2 Å². The van der Waals surface area contributed by atoms with Gasteiger partial charge in [-0.05, 0) is 36.0 Å². The summed E-state index contributed by atoms with van der Waals surface area (Å²) in [4.78, 5) is 25.2. The smallest absolute Gasteiger partial charge is 0.223 e. The fraction of sp³-hybridized carbons (Fsp3) is 0.556. The maximum Gasteiger partial charge on any atom is 0.223 e. The summed E-state index contributed by atoms with van der Waals surface area (Å²) in [7, 11) is 0. The van der Waals surface area contributed by atoms with Crippen LogP contribution in [0.3, 0.4) is 0 Å². The number of hydrogen-bond acceptors (Lipinski definition) is 2. The number of amides is 2. The normalized spacial score (nSPS) is 14.5. The third kappa shape index (κ3) is 4.33. The Bertz CT molecular complexity index is 539. The molecule has 0 atom stereocenters. The Kier molecular flexibility index (Phi) is 4.89. The number of carbonyl (C=O) groups excluding carboxylic acids is 2. The van der Waals surface area contributed by atoms with E-state index in [1.54, 1.807) is 11.8 Å². The molecule has 1 aliphatic carbocycles. The molecule has 0 radical (unpaired) electrons. The number of anilines is 1. The molecule has 2 rings (SSSR count). The molecule has 2 amide bonds. The van der Waals surface area contributed by atoms with E-state index in [2.05, 4.69) is 38.2 Å². The molecule has 1 aliphatic rings. The molecular weight excluding hydrogens is 276 g/mol. The second-order valence-electron chi connectivity index (χ2n) is 7.03. The summed E-state index contributed by atoms with van der Waals surface area (Å²) in [5.74, 6) is 0.313. The first-order chi connectivity index (χ1) is 10.3. The molecule has 0 heterocycles. The van der Waals surface area contributed by atoms with Crippen molar-refractivity contribution >= 4 is 17.5 Å². The average Bonchev–Trinajstić information content (AvgIpc) is 3.26. The van der Waals surface area contributed by atoms with Gasteiger partial charge in [-0.25, -0.2) is 0 Å². The van der Waals surface area contributed by atoms with Crippen LogP contribution in [0.25, 0.3) is 0 Å². The predicted molar refractivity (Wildman–Crippen MR) is 88.9 cm³/mol. The molecule has 22 heavy (non-hydrogen) atoms. The van der Waals surface area contributed by atoms with Gasteiger partial charge in [0.05, 0.1) is 0 Å². The van der Waals surface area contributed by atoms with Crippen LogP contribution in [0, 0.1) is 5.92 Å². The lowest BCUT2D eigenvalue weighted by molar-refractivity contribution is -0.122. The zero-order valence-corrected chi connectivity index (χ0v) is 14.0. The highest BCUT2D eigenvalue weighted by Crippen LogP contribution is 2.28. The molecule has 1 aromatic carbocycles. The minimum atomic E-state index is -0.0100. The van der Waals surface area contributed by atoms with Gasteiger partial charge in [-0.3, -0.25) is 9.59 Å². The fourth-order valence-corrected chi connectivity index (χ4v) is 2.39. The summed E-state index contributed by atoms with van der Waals surface area (Å²) < 4.78 is 0.